The first-order valence-corrected chi connectivity index (χ1v) is 8.07. The number of ether oxygens (including phenoxy) is 1. The number of halogens is 2. The molecular formula is C17H17Cl2N3O2. The van der Waals surface area contributed by atoms with Gasteiger partial charge in [-0.3, -0.25) is 4.79 Å². The third kappa shape index (κ3) is 5.76. The fourth-order valence-corrected chi connectivity index (χ4v) is 2.29. The van der Waals surface area contributed by atoms with E-state index in [0.717, 1.165) is 11.4 Å². The Labute approximate surface area is 150 Å². The minimum Gasteiger partial charge on any atom is -0.494 e. The number of hydrazone groups is 1. The van der Waals surface area contributed by atoms with Gasteiger partial charge in [-0.2, -0.15) is 5.10 Å². The van der Waals surface area contributed by atoms with Gasteiger partial charge in [0.25, 0.3) is 5.91 Å². The summed E-state index contributed by atoms with van der Waals surface area (Å²) in [6.07, 6.45) is 1.47. The van der Waals surface area contributed by atoms with Crippen molar-refractivity contribution in [2.24, 2.45) is 5.10 Å². The molecule has 0 aliphatic carbocycles. The van der Waals surface area contributed by atoms with Gasteiger partial charge in [0.05, 0.1) is 24.4 Å². The molecule has 0 aromatic heterocycles. The van der Waals surface area contributed by atoms with Gasteiger partial charge in [0, 0.05) is 16.3 Å². The third-order valence-electron chi connectivity index (χ3n) is 2.97. The Morgan fingerprint density at radius 3 is 2.62 bits per heavy atom. The molecule has 0 unspecified atom stereocenters. The summed E-state index contributed by atoms with van der Waals surface area (Å²) < 4.78 is 5.35. The number of carbonyl (C=O) groups is 1. The second-order valence-corrected chi connectivity index (χ2v) is 5.61. The predicted molar refractivity (Wildman–Crippen MR) is 98.3 cm³/mol. The summed E-state index contributed by atoms with van der Waals surface area (Å²) in [4.78, 5) is 11.7. The van der Waals surface area contributed by atoms with E-state index >= 15 is 0 Å². The molecule has 0 aliphatic rings. The predicted octanol–water partition coefficient (Wildman–Crippen LogP) is 3.95. The molecule has 0 saturated carbocycles. The fraction of sp³-hybridized carbons (Fsp3) is 0.176. The monoisotopic (exact) mass is 365 g/mol. The molecule has 7 heteroatoms. The molecular weight excluding hydrogens is 349 g/mol. The van der Waals surface area contributed by atoms with Crippen LogP contribution >= 0.6 is 23.2 Å². The Hall–Kier alpha value is -2.24. The Balaban J connectivity index is 1.79. The Bertz CT molecular complexity index is 718. The molecule has 2 N–H and O–H groups in total. The molecule has 0 heterocycles. The second-order valence-electron chi connectivity index (χ2n) is 4.77. The normalized spacial score (nSPS) is 10.6. The minimum atomic E-state index is -0.273. The summed E-state index contributed by atoms with van der Waals surface area (Å²) in [5, 5.41) is 7.88. The third-order valence-corrected chi connectivity index (χ3v) is 3.54. The summed E-state index contributed by atoms with van der Waals surface area (Å²) in [5.41, 5.74) is 3.91. The number of carbonyl (C=O) groups excluding carboxylic acids is 1. The summed E-state index contributed by atoms with van der Waals surface area (Å²) >= 11 is 11.8. The van der Waals surface area contributed by atoms with Gasteiger partial charge >= 0.3 is 0 Å². The Kier molecular flexibility index (Phi) is 6.90. The number of anilines is 1. The fourth-order valence-electron chi connectivity index (χ4n) is 1.84. The smallest absolute Gasteiger partial charge is 0.259 e. The van der Waals surface area contributed by atoms with Crippen LogP contribution in [0, 0.1) is 0 Å². The highest BCUT2D eigenvalue weighted by atomic mass is 35.5. The van der Waals surface area contributed by atoms with Crippen LogP contribution in [0.5, 0.6) is 5.75 Å². The molecule has 0 radical (unpaired) electrons. The van der Waals surface area contributed by atoms with E-state index in [4.69, 9.17) is 27.9 Å². The van der Waals surface area contributed by atoms with Crippen LogP contribution < -0.4 is 15.5 Å². The van der Waals surface area contributed by atoms with E-state index < -0.39 is 0 Å². The average Bonchev–Trinajstić information content (AvgIpc) is 2.56. The highest BCUT2D eigenvalue weighted by Crippen LogP contribution is 2.19. The van der Waals surface area contributed by atoms with E-state index in [2.05, 4.69) is 15.8 Å². The van der Waals surface area contributed by atoms with Crippen LogP contribution in [0.4, 0.5) is 5.69 Å². The molecule has 1 amide bonds. The van der Waals surface area contributed by atoms with Crippen molar-refractivity contribution in [2.75, 3.05) is 18.5 Å². The van der Waals surface area contributed by atoms with Crippen molar-refractivity contribution >= 4 is 41.0 Å². The van der Waals surface area contributed by atoms with Crippen molar-refractivity contribution in [2.45, 2.75) is 6.92 Å². The molecule has 0 spiro atoms. The van der Waals surface area contributed by atoms with Crippen LogP contribution in [0.25, 0.3) is 0 Å². The van der Waals surface area contributed by atoms with Gasteiger partial charge < -0.3 is 10.1 Å². The first-order valence-electron chi connectivity index (χ1n) is 7.32. The van der Waals surface area contributed by atoms with Gasteiger partial charge in [-0.05, 0) is 43.3 Å². The van der Waals surface area contributed by atoms with E-state index in [1.807, 2.05) is 31.2 Å². The molecule has 2 aromatic carbocycles. The topological polar surface area (TPSA) is 62.7 Å². The molecule has 24 heavy (non-hydrogen) atoms. The number of nitrogens with one attached hydrogen (secondary N) is 2. The van der Waals surface area contributed by atoms with E-state index in [0.29, 0.717) is 22.2 Å². The summed E-state index contributed by atoms with van der Waals surface area (Å²) in [6, 6.07) is 12.4. The molecule has 0 bridgehead atoms. The maximum absolute atomic E-state index is 11.7. The maximum Gasteiger partial charge on any atom is 0.259 e. The van der Waals surface area contributed by atoms with Gasteiger partial charge in [-0.1, -0.05) is 29.3 Å². The van der Waals surface area contributed by atoms with Crippen molar-refractivity contribution in [1.82, 2.24) is 5.43 Å². The zero-order valence-electron chi connectivity index (χ0n) is 13.1. The summed E-state index contributed by atoms with van der Waals surface area (Å²) in [6.45, 7) is 2.64. The van der Waals surface area contributed by atoms with Gasteiger partial charge in [0.1, 0.15) is 5.75 Å². The lowest BCUT2D eigenvalue weighted by Crippen LogP contribution is -2.25. The molecule has 5 nitrogen and oxygen atoms in total. The number of nitrogens with zero attached hydrogens (tertiary/aromatic N) is 1. The SMILES string of the molecule is CCOc1ccc(NCC(=O)N/N=C\c2ccc(Cl)cc2Cl)cc1. The number of hydrogen-bond acceptors (Lipinski definition) is 4. The number of amides is 1. The first kappa shape index (κ1) is 18.1. The van der Waals surface area contributed by atoms with Gasteiger partial charge in [-0.15, -0.1) is 0 Å². The molecule has 2 rings (SSSR count). The Morgan fingerprint density at radius 2 is 1.96 bits per heavy atom. The largest absolute Gasteiger partial charge is 0.494 e. The molecule has 2 aromatic rings. The van der Waals surface area contributed by atoms with Gasteiger partial charge in [-0.25, -0.2) is 5.43 Å². The molecule has 126 valence electrons. The van der Waals surface area contributed by atoms with Crippen LogP contribution in [0.2, 0.25) is 10.0 Å². The van der Waals surface area contributed by atoms with Crippen LogP contribution in [-0.4, -0.2) is 25.3 Å². The van der Waals surface area contributed by atoms with E-state index in [1.165, 1.54) is 6.21 Å². The van der Waals surface area contributed by atoms with E-state index in [-0.39, 0.29) is 12.5 Å². The zero-order chi connectivity index (χ0) is 17.4. The summed E-state index contributed by atoms with van der Waals surface area (Å²) in [5.74, 6) is 0.516. The van der Waals surface area contributed by atoms with Crippen molar-refractivity contribution in [1.29, 1.82) is 0 Å². The first-order chi connectivity index (χ1) is 11.6. The maximum atomic E-state index is 11.7. The molecule has 0 saturated heterocycles. The van der Waals surface area contributed by atoms with Crippen molar-refractivity contribution in [3.8, 4) is 5.75 Å². The van der Waals surface area contributed by atoms with Crippen molar-refractivity contribution < 1.29 is 9.53 Å². The highest BCUT2D eigenvalue weighted by Gasteiger charge is 2.01. The minimum absolute atomic E-state index is 0.0969. The summed E-state index contributed by atoms with van der Waals surface area (Å²) in [7, 11) is 0. The lowest BCUT2D eigenvalue weighted by Gasteiger charge is -2.07. The number of benzene rings is 2. The zero-order valence-corrected chi connectivity index (χ0v) is 14.6. The van der Waals surface area contributed by atoms with Crippen LogP contribution in [0.1, 0.15) is 12.5 Å². The second kappa shape index (κ2) is 9.15. The van der Waals surface area contributed by atoms with Crippen LogP contribution in [0.15, 0.2) is 47.6 Å². The van der Waals surface area contributed by atoms with Crippen LogP contribution in [-0.2, 0) is 4.79 Å². The standard InChI is InChI=1S/C17H17Cl2N3O2/c1-2-24-15-7-5-14(6-8-15)20-11-17(23)22-21-10-12-3-4-13(18)9-16(12)19/h3-10,20H,2,11H2,1H3,(H,22,23)/b21-10-. The molecule has 0 atom stereocenters. The van der Waals surface area contributed by atoms with Gasteiger partial charge in [0.15, 0.2) is 0 Å². The van der Waals surface area contributed by atoms with Crippen LogP contribution in [0.3, 0.4) is 0 Å². The quantitative estimate of drug-likeness (QED) is 0.576. The number of hydrogen-bond donors (Lipinski definition) is 2. The highest BCUT2D eigenvalue weighted by molar-refractivity contribution is 6.36. The van der Waals surface area contributed by atoms with E-state index in [1.54, 1.807) is 18.2 Å². The van der Waals surface area contributed by atoms with Crippen molar-refractivity contribution in [3.63, 3.8) is 0 Å². The van der Waals surface area contributed by atoms with Gasteiger partial charge in [0.2, 0.25) is 0 Å². The lowest BCUT2D eigenvalue weighted by atomic mass is 10.2. The lowest BCUT2D eigenvalue weighted by molar-refractivity contribution is -0.119. The average molecular weight is 366 g/mol. The molecule has 0 fully saturated rings. The van der Waals surface area contributed by atoms with E-state index in [9.17, 15) is 4.79 Å². The molecule has 0 aliphatic heterocycles. The Morgan fingerprint density at radius 1 is 1.21 bits per heavy atom. The van der Waals surface area contributed by atoms with Crippen molar-refractivity contribution in [3.05, 3.63) is 58.1 Å². The number of rotatable bonds is 7.